The van der Waals surface area contributed by atoms with Crippen molar-refractivity contribution in [3.8, 4) is 0 Å². The molecular weight excluding hydrogens is 235 g/mol. The Morgan fingerprint density at radius 3 is 1.71 bits per heavy atom. The van der Waals surface area contributed by atoms with Crippen LogP contribution in [0.15, 0.2) is 35.7 Å². The molecule has 96 valence electrons. The number of hydrogen-bond donors (Lipinski definition) is 0. The van der Waals surface area contributed by atoms with Crippen molar-refractivity contribution in [2.75, 3.05) is 0 Å². The number of rotatable bonds is 1. The minimum atomic E-state index is -4.21. The normalized spacial score (nSPS) is 11.2. The molecule has 0 saturated heterocycles. The predicted octanol–water partition coefficient (Wildman–Crippen LogP) is 4.19. The van der Waals surface area contributed by atoms with Gasteiger partial charge in [-0.25, -0.2) is 0 Å². The Balaban J connectivity index is 0.000000325. The first-order valence-electron chi connectivity index (χ1n) is 4.80. The van der Waals surface area contributed by atoms with Gasteiger partial charge in [0.2, 0.25) is 0 Å². The predicted molar refractivity (Wildman–Crippen MR) is 58.1 cm³/mol. The summed E-state index contributed by atoms with van der Waals surface area (Å²) in [6.07, 6.45) is -4.21. The molecule has 0 N–H and O–H groups in total. The van der Waals surface area contributed by atoms with Gasteiger partial charge >= 0.3 is 6.18 Å². The maximum absolute atomic E-state index is 11.8. The maximum atomic E-state index is 11.8. The van der Waals surface area contributed by atoms with Gasteiger partial charge in [-0.3, -0.25) is 0 Å². The molecule has 0 saturated carbocycles. The summed E-state index contributed by atoms with van der Waals surface area (Å²) >= 11 is 0. The molecule has 1 aromatic carbocycles. The van der Waals surface area contributed by atoms with Gasteiger partial charge in [0, 0.05) is 0 Å². The van der Waals surface area contributed by atoms with Crippen molar-refractivity contribution in [3.05, 3.63) is 40.8 Å². The van der Waals surface area contributed by atoms with Crippen LogP contribution in [-0.2, 0) is 11.0 Å². The monoisotopic (exact) mass is 249 g/mol. The van der Waals surface area contributed by atoms with E-state index in [0.717, 1.165) is 12.1 Å². The summed E-state index contributed by atoms with van der Waals surface area (Å²) in [5, 5.41) is 2.26. The van der Waals surface area contributed by atoms with Crippen molar-refractivity contribution in [1.29, 1.82) is 0 Å². The smallest absolute Gasteiger partial charge is 0.358 e. The van der Waals surface area contributed by atoms with Gasteiger partial charge in [0.05, 0.1) is 5.56 Å². The number of alkyl halides is 3. The molecule has 6 heteroatoms. The highest BCUT2D eigenvalue weighted by molar-refractivity contribution is 5.17. The lowest BCUT2D eigenvalue weighted by Gasteiger charge is -2.11. The van der Waals surface area contributed by atoms with Crippen molar-refractivity contribution >= 4 is 0 Å². The molecule has 0 amide bonds. The molecular formula is C11H14F3NO2. The highest BCUT2D eigenvalue weighted by atomic mass is 19.4. The molecule has 0 radical (unpaired) electrons. The molecule has 0 heterocycles. The summed E-state index contributed by atoms with van der Waals surface area (Å²) in [7, 11) is 0. The Labute approximate surface area is 97.5 Å². The molecule has 0 aliphatic rings. The minimum absolute atomic E-state index is 0.429. The van der Waals surface area contributed by atoms with Gasteiger partial charge < -0.3 is 4.84 Å². The van der Waals surface area contributed by atoms with Crippen LogP contribution < -0.4 is 0 Å². The molecule has 0 fully saturated rings. The van der Waals surface area contributed by atoms with E-state index < -0.39 is 17.3 Å². The molecule has 17 heavy (non-hydrogen) atoms. The minimum Gasteiger partial charge on any atom is -0.358 e. The Bertz CT molecular complexity index is 331. The molecule has 1 aromatic rings. The van der Waals surface area contributed by atoms with Crippen molar-refractivity contribution in [3.63, 3.8) is 0 Å². The third kappa shape index (κ3) is 8.24. The Morgan fingerprint density at radius 1 is 1.06 bits per heavy atom. The fourth-order valence-electron chi connectivity index (χ4n) is 0.739. The first-order valence-corrected chi connectivity index (χ1v) is 4.80. The first kappa shape index (κ1) is 15.4. The Kier molecular flexibility index (Phi) is 5.64. The zero-order chi connectivity index (χ0) is 13.5. The molecule has 3 nitrogen and oxygen atoms in total. The molecule has 1 rings (SSSR count). The van der Waals surface area contributed by atoms with Gasteiger partial charge in [0.25, 0.3) is 0 Å². The molecule has 0 bridgehead atoms. The van der Waals surface area contributed by atoms with Crippen LogP contribution in [0.25, 0.3) is 0 Å². The van der Waals surface area contributed by atoms with E-state index >= 15 is 0 Å². The zero-order valence-corrected chi connectivity index (χ0v) is 9.78. The van der Waals surface area contributed by atoms with Gasteiger partial charge in [0.15, 0.2) is 5.34 Å². The van der Waals surface area contributed by atoms with Crippen LogP contribution in [0, 0.1) is 4.91 Å². The third-order valence-corrected chi connectivity index (χ3v) is 1.41. The van der Waals surface area contributed by atoms with Crippen LogP contribution in [0.3, 0.4) is 0 Å². The average Bonchev–Trinajstić information content (AvgIpc) is 2.17. The second-order valence-electron chi connectivity index (χ2n) is 4.14. The van der Waals surface area contributed by atoms with Crippen LogP contribution in [-0.4, -0.2) is 5.60 Å². The van der Waals surface area contributed by atoms with E-state index in [1.54, 1.807) is 26.8 Å². The molecule has 0 aliphatic heterocycles. The number of benzene rings is 1. The summed E-state index contributed by atoms with van der Waals surface area (Å²) < 4.78 is 35.4. The summed E-state index contributed by atoms with van der Waals surface area (Å²) in [5.74, 6) is 0. The second kappa shape index (κ2) is 6.22. The SMILES string of the molecule is CC(C)(C)ON=O.FC(F)(F)c1ccccc1. The van der Waals surface area contributed by atoms with E-state index in [4.69, 9.17) is 0 Å². The third-order valence-electron chi connectivity index (χ3n) is 1.41. The van der Waals surface area contributed by atoms with Crippen LogP contribution >= 0.6 is 0 Å². The molecule has 0 spiro atoms. The van der Waals surface area contributed by atoms with Crippen LogP contribution in [0.2, 0.25) is 0 Å². The molecule has 0 aliphatic carbocycles. The average molecular weight is 249 g/mol. The van der Waals surface area contributed by atoms with Crippen LogP contribution in [0.4, 0.5) is 13.2 Å². The van der Waals surface area contributed by atoms with E-state index in [0.29, 0.717) is 0 Å². The van der Waals surface area contributed by atoms with Crippen LogP contribution in [0.5, 0.6) is 0 Å². The maximum Gasteiger partial charge on any atom is 0.416 e. The lowest BCUT2D eigenvalue weighted by atomic mass is 10.2. The second-order valence-corrected chi connectivity index (χ2v) is 4.14. The molecule has 0 aromatic heterocycles. The van der Waals surface area contributed by atoms with Crippen molar-refractivity contribution in [2.45, 2.75) is 32.5 Å². The summed E-state index contributed by atoms with van der Waals surface area (Å²) in [6, 6.07) is 6.36. The van der Waals surface area contributed by atoms with E-state index in [9.17, 15) is 18.1 Å². The van der Waals surface area contributed by atoms with Gasteiger partial charge in [0.1, 0.15) is 5.60 Å². The summed E-state index contributed by atoms with van der Waals surface area (Å²) in [5.41, 5.74) is -1.03. The molecule has 0 atom stereocenters. The van der Waals surface area contributed by atoms with E-state index in [2.05, 4.69) is 10.2 Å². The quantitative estimate of drug-likeness (QED) is 0.553. The van der Waals surface area contributed by atoms with Gasteiger partial charge in [-0.05, 0) is 20.8 Å². The van der Waals surface area contributed by atoms with Crippen molar-refractivity contribution in [2.24, 2.45) is 5.34 Å². The fourth-order valence-corrected chi connectivity index (χ4v) is 0.739. The largest absolute Gasteiger partial charge is 0.416 e. The lowest BCUT2D eigenvalue weighted by Crippen LogP contribution is -2.14. The van der Waals surface area contributed by atoms with Gasteiger partial charge in [-0.2, -0.15) is 13.2 Å². The lowest BCUT2D eigenvalue weighted by molar-refractivity contribution is -0.137. The van der Waals surface area contributed by atoms with Crippen molar-refractivity contribution in [1.82, 2.24) is 0 Å². The van der Waals surface area contributed by atoms with Crippen LogP contribution in [0.1, 0.15) is 26.3 Å². The Hall–Kier alpha value is -1.59. The fraction of sp³-hybridized carbons (Fsp3) is 0.455. The summed E-state index contributed by atoms with van der Waals surface area (Å²) in [6.45, 7) is 5.28. The van der Waals surface area contributed by atoms with Gasteiger partial charge in [-0.15, -0.1) is 4.91 Å². The van der Waals surface area contributed by atoms with E-state index in [1.165, 1.54) is 12.1 Å². The highest BCUT2D eigenvalue weighted by Gasteiger charge is 2.29. The Morgan fingerprint density at radius 2 is 1.53 bits per heavy atom. The van der Waals surface area contributed by atoms with Gasteiger partial charge in [-0.1, -0.05) is 30.3 Å². The van der Waals surface area contributed by atoms with E-state index in [-0.39, 0.29) is 0 Å². The topological polar surface area (TPSA) is 38.7 Å². The highest BCUT2D eigenvalue weighted by Crippen LogP contribution is 2.28. The summed E-state index contributed by atoms with van der Waals surface area (Å²) in [4.78, 5) is 13.6. The standard InChI is InChI=1S/C7H5F3.C4H9NO2/c8-7(9,10)6-4-2-1-3-5-6;1-4(2,3)7-5-6/h1-5H;1-3H3. The molecule has 0 unspecified atom stereocenters. The number of hydrogen-bond acceptors (Lipinski definition) is 3. The first-order chi connectivity index (χ1) is 7.67. The number of halogens is 3. The van der Waals surface area contributed by atoms with Crippen molar-refractivity contribution < 1.29 is 18.0 Å². The van der Waals surface area contributed by atoms with E-state index in [1.807, 2.05) is 0 Å². The zero-order valence-electron chi connectivity index (χ0n) is 9.78. The number of nitrogens with zero attached hydrogens (tertiary/aromatic N) is 1.